The van der Waals surface area contributed by atoms with Gasteiger partial charge in [-0.3, -0.25) is 4.98 Å². The first-order valence-corrected chi connectivity index (χ1v) is 7.88. The topological polar surface area (TPSA) is 24.9 Å². The van der Waals surface area contributed by atoms with Crippen LogP contribution in [0.15, 0.2) is 36.7 Å². The Kier molecular flexibility index (Phi) is 5.51. The van der Waals surface area contributed by atoms with Crippen LogP contribution in [-0.2, 0) is 12.8 Å². The quantitative estimate of drug-likeness (QED) is 0.860. The number of likely N-dealkylation sites (N-methyl/N-ethyl adjacent to an activating group) is 1. The summed E-state index contributed by atoms with van der Waals surface area (Å²) in [4.78, 5) is 4.26. The van der Waals surface area contributed by atoms with Crippen molar-refractivity contribution in [1.82, 2.24) is 10.3 Å². The van der Waals surface area contributed by atoms with E-state index in [2.05, 4.69) is 62.3 Å². The molecule has 1 atom stereocenters. The lowest BCUT2D eigenvalue weighted by Gasteiger charge is -2.21. The summed E-state index contributed by atoms with van der Waals surface area (Å²) in [6.07, 6.45) is 5.95. The van der Waals surface area contributed by atoms with Crippen molar-refractivity contribution in [3.63, 3.8) is 0 Å². The van der Waals surface area contributed by atoms with Crippen molar-refractivity contribution in [2.24, 2.45) is 0 Å². The first-order valence-electron chi connectivity index (χ1n) is 7.88. The maximum Gasteiger partial charge on any atom is 0.0364 e. The van der Waals surface area contributed by atoms with Gasteiger partial charge in [0.1, 0.15) is 0 Å². The molecule has 1 aromatic carbocycles. The number of aromatic nitrogens is 1. The molecule has 0 amide bonds. The zero-order chi connectivity index (χ0) is 15.2. The second-order valence-corrected chi connectivity index (χ2v) is 5.66. The lowest BCUT2D eigenvalue weighted by Crippen LogP contribution is -2.24. The predicted molar refractivity (Wildman–Crippen MR) is 89.7 cm³/mol. The third kappa shape index (κ3) is 3.92. The molecule has 21 heavy (non-hydrogen) atoms. The Hall–Kier alpha value is -1.67. The van der Waals surface area contributed by atoms with Crippen molar-refractivity contribution in [3.8, 4) is 0 Å². The fourth-order valence-corrected chi connectivity index (χ4v) is 2.78. The van der Waals surface area contributed by atoms with Crippen molar-refractivity contribution in [2.45, 2.75) is 46.6 Å². The molecule has 0 aliphatic heterocycles. The minimum atomic E-state index is 0.357. The van der Waals surface area contributed by atoms with Gasteiger partial charge in [-0.2, -0.15) is 0 Å². The molecule has 1 aromatic heterocycles. The van der Waals surface area contributed by atoms with Crippen molar-refractivity contribution >= 4 is 0 Å². The number of benzene rings is 1. The largest absolute Gasteiger partial charge is 0.310 e. The molecule has 0 aliphatic carbocycles. The summed E-state index contributed by atoms with van der Waals surface area (Å²) in [5.41, 5.74) is 6.84. The van der Waals surface area contributed by atoms with Gasteiger partial charge >= 0.3 is 0 Å². The molecule has 0 saturated heterocycles. The highest BCUT2D eigenvalue weighted by Gasteiger charge is 2.14. The van der Waals surface area contributed by atoms with E-state index in [9.17, 15) is 0 Å². The highest BCUT2D eigenvalue weighted by molar-refractivity contribution is 5.33. The molecular weight excluding hydrogens is 256 g/mol. The summed E-state index contributed by atoms with van der Waals surface area (Å²) in [5, 5.41) is 3.63. The third-order valence-electron chi connectivity index (χ3n) is 4.16. The Labute approximate surface area is 128 Å². The SMILES string of the molecule is CCNC(Cc1ccc(C)c(C)c1)c1ccncc1CC. The average Bonchev–Trinajstić information content (AvgIpc) is 2.50. The van der Waals surface area contributed by atoms with E-state index in [-0.39, 0.29) is 0 Å². The van der Waals surface area contributed by atoms with Crippen LogP contribution < -0.4 is 5.32 Å². The molecule has 0 bridgehead atoms. The van der Waals surface area contributed by atoms with Gasteiger partial charge in [0, 0.05) is 18.4 Å². The standard InChI is InChI=1S/C19H26N2/c1-5-17-13-20-10-9-18(17)19(21-6-2)12-16-8-7-14(3)15(4)11-16/h7-11,13,19,21H,5-6,12H2,1-4H3. The molecule has 0 radical (unpaired) electrons. The second kappa shape index (κ2) is 7.37. The molecule has 2 aromatic rings. The molecule has 0 aliphatic rings. The van der Waals surface area contributed by atoms with E-state index in [0.717, 1.165) is 19.4 Å². The monoisotopic (exact) mass is 282 g/mol. The average molecular weight is 282 g/mol. The van der Waals surface area contributed by atoms with Crippen molar-refractivity contribution in [1.29, 1.82) is 0 Å². The van der Waals surface area contributed by atoms with Crippen LogP contribution in [-0.4, -0.2) is 11.5 Å². The van der Waals surface area contributed by atoms with Gasteiger partial charge in [0.05, 0.1) is 0 Å². The van der Waals surface area contributed by atoms with Crippen LogP contribution in [0.1, 0.15) is 47.7 Å². The molecule has 112 valence electrons. The zero-order valence-corrected chi connectivity index (χ0v) is 13.6. The van der Waals surface area contributed by atoms with Crippen LogP contribution in [0, 0.1) is 13.8 Å². The molecule has 0 saturated carbocycles. The zero-order valence-electron chi connectivity index (χ0n) is 13.6. The Morgan fingerprint density at radius 1 is 1.10 bits per heavy atom. The van der Waals surface area contributed by atoms with Crippen LogP contribution in [0.3, 0.4) is 0 Å². The summed E-state index contributed by atoms with van der Waals surface area (Å²) >= 11 is 0. The summed E-state index contributed by atoms with van der Waals surface area (Å²) in [7, 11) is 0. The number of rotatable bonds is 6. The normalized spacial score (nSPS) is 12.4. The summed E-state index contributed by atoms with van der Waals surface area (Å²) in [6, 6.07) is 9.30. The minimum absolute atomic E-state index is 0.357. The first-order chi connectivity index (χ1) is 10.2. The molecular formula is C19H26N2. The third-order valence-corrected chi connectivity index (χ3v) is 4.16. The molecule has 2 rings (SSSR count). The van der Waals surface area contributed by atoms with Crippen molar-refractivity contribution in [2.75, 3.05) is 6.54 Å². The van der Waals surface area contributed by atoms with Crippen LogP contribution in [0.2, 0.25) is 0 Å². The number of nitrogens with one attached hydrogen (secondary N) is 1. The fourth-order valence-electron chi connectivity index (χ4n) is 2.78. The summed E-state index contributed by atoms with van der Waals surface area (Å²) < 4.78 is 0. The number of nitrogens with zero attached hydrogens (tertiary/aromatic N) is 1. The molecule has 2 nitrogen and oxygen atoms in total. The molecule has 2 heteroatoms. The maximum absolute atomic E-state index is 4.26. The Bertz CT molecular complexity index is 590. The predicted octanol–water partition coefficient (Wildman–Crippen LogP) is 4.15. The number of pyridine rings is 1. The van der Waals surface area contributed by atoms with Crippen LogP contribution >= 0.6 is 0 Å². The van der Waals surface area contributed by atoms with E-state index < -0.39 is 0 Å². The van der Waals surface area contributed by atoms with E-state index >= 15 is 0 Å². The van der Waals surface area contributed by atoms with Gasteiger partial charge in [-0.05, 0) is 67.1 Å². The smallest absolute Gasteiger partial charge is 0.0364 e. The van der Waals surface area contributed by atoms with Crippen LogP contribution in [0.5, 0.6) is 0 Å². The van der Waals surface area contributed by atoms with E-state index in [1.807, 2.05) is 12.4 Å². The molecule has 1 heterocycles. The van der Waals surface area contributed by atoms with Crippen molar-refractivity contribution in [3.05, 3.63) is 64.5 Å². The lowest BCUT2D eigenvalue weighted by atomic mass is 9.93. The Morgan fingerprint density at radius 2 is 1.90 bits per heavy atom. The number of aryl methyl sites for hydroxylation is 3. The van der Waals surface area contributed by atoms with E-state index in [4.69, 9.17) is 0 Å². The van der Waals surface area contributed by atoms with Gasteiger partial charge in [-0.1, -0.05) is 32.0 Å². The van der Waals surface area contributed by atoms with E-state index in [1.165, 1.54) is 27.8 Å². The van der Waals surface area contributed by atoms with E-state index in [1.54, 1.807) is 0 Å². The van der Waals surface area contributed by atoms with Gasteiger partial charge < -0.3 is 5.32 Å². The molecule has 0 spiro atoms. The van der Waals surface area contributed by atoms with Crippen LogP contribution in [0.4, 0.5) is 0 Å². The first kappa shape index (κ1) is 15.7. The minimum Gasteiger partial charge on any atom is -0.310 e. The molecule has 1 N–H and O–H groups in total. The summed E-state index contributed by atoms with van der Waals surface area (Å²) in [5.74, 6) is 0. The van der Waals surface area contributed by atoms with Gasteiger partial charge in [0.25, 0.3) is 0 Å². The number of hydrogen-bond acceptors (Lipinski definition) is 2. The highest BCUT2D eigenvalue weighted by atomic mass is 14.9. The van der Waals surface area contributed by atoms with Gasteiger partial charge in [0.15, 0.2) is 0 Å². The molecule has 1 unspecified atom stereocenters. The maximum atomic E-state index is 4.26. The van der Waals surface area contributed by atoms with E-state index in [0.29, 0.717) is 6.04 Å². The van der Waals surface area contributed by atoms with Gasteiger partial charge in [0.2, 0.25) is 0 Å². The number of hydrogen-bond donors (Lipinski definition) is 1. The summed E-state index contributed by atoms with van der Waals surface area (Å²) in [6.45, 7) is 9.69. The Morgan fingerprint density at radius 3 is 2.57 bits per heavy atom. The van der Waals surface area contributed by atoms with Crippen molar-refractivity contribution < 1.29 is 0 Å². The Balaban J connectivity index is 2.28. The molecule has 0 fully saturated rings. The van der Waals surface area contributed by atoms with Gasteiger partial charge in [-0.15, -0.1) is 0 Å². The van der Waals surface area contributed by atoms with Gasteiger partial charge in [-0.25, -0.2) is 0 Å². The highest BCUT2D eigenvalue weighted by Crippen LogP contribution is 2.23. The fraction of sp³-hybridized carbons (Fsp3) is 0.421. The lowest BCUT2D eigenvalue weighted by molar-refractivity contribution is 0.545. The second-order valence-electron chi connectivity index (χ2n) is 5.66. The van der Waals surface area contributed by atoms with Crippen LogP contribution in [0.25, 0.3) is 0 Å².